The molecule has 0 spiro atoms. The molecule has 1 aromatic heterocycles. The Balaban J connectivity index is 1.45. The molecule has 0 radical (unpaired) electrons. The number of hydrogen-bond acceptors (Lipinski definition) is 5. The van der Waals surface area contributed by atoms with Crippen LogP contribution in [-0.4, -0.2) is 53.9 Å². The van der Waals surface area contributed by atoms with Gasteiger partial charge in [-0.25, -0.2) is 0 Å². The first-order chi connectivity index (χ1) is 12.6. The summed E-state index contributed by atoms with van der Waals surface area (Å²) in [7, 11) is 0. The molecule has 4 rings (SSSR count). The SMILES string of the molecule is N[C@H](Cc1ccc(F)cc1)CN1N=C(c2ccc3[nH]ncc3c2)SC1[AsH2]. The number of nitrogens with two attached hydrogens (primary N) is 1. The fourth-order valence-corrected chi connectivity index (χ4v) is 5.05. The first-order valence-corrected chi connectivity index (χ1v) is 10.6. The summed E-state index contributed by atoms with van der Waals surface area (Å²) < 4.78 is 13.3. The van der Waals surface area contributed by atoms with Crippen LogP contribution in [0, 0.1) is 5.82 Å². The molecule has 2 heterocycles. The Morgan fingerprint density at radius 1 is 1.27 bits per heavy atom. The van der Waals surface area contributed by atoms with Gasteiger partial charge in [0.05, 0.1) is 0 Å². The maximum atomic E-state index is 13.0. The number of thioether (sulfide) groups is 1. The van der Waals surface area contributed by atoms with Crippen LogP contribution < -0.4 is 5.73 Å². The Kier molecular flexibility index (Phi) is 5.02. The summed E-state index contributed by atoms with van der Waals surface area (Å²) in [6.45, 7) is 0.671. The summed E-state index contributed by atoms with van der Waals surface area (Å²) in [4.78, 5) is 0. The third-order valence-corrected chi connectivity index (χ3v) is 6.87. The maximum absolute atomic E-state index is 13.0. The standard InChI is InChI=1S/C18H19AsFN5S/c19-18-25(10-15(21)7-11-1-4-14(20)5-2-11)24-17(26-18)12-3-6-16-13(8-12)9-22-23-16/h1-6,8-9,15,18H,7,10,19,21H2,(H,22,23)/t15-,18?/m1/s1. The summed E-state index contributed by atoms with van der Waals surface area (Å²) in [5.74, 6) is -0.224. The second kappa shape index (κ2) is 7.43. The van der Waals surface area contributed by atoms with Crippen molar-refractivity contribution in [3.63, 3.8) is 0 Å². The van der Waals surface area contributed by atoms with Gasteiger partial charge >= 0.3 is 164 Å². The molecule has 0 fully saturated rings. The first kappa shape index (κ1) is 17.6. The van der Waals surface area contributed by atoms with E-state index in [0.29, 0.717) is 13.0 Å². The summed E-state index contributed by atoms with van der Waals surface area (Å²) in [5.41, 5.74) is 9.47. The number of aromatic nitrogens is 2. The van der Waals surface area contributed by atoms with Crippen molar-refractivity contribution < 1.29 is 4.39 Å². The Morgan fingerprint density at radius 3 is 2.88 bits per heavy atom. The second-order valence-corrected chi connectivity index (χ2v) is 9.74. The number of H-pyrrole nitrogens is 1. The summed E-state index contributed by atoms with van der Waals surface area (Å²) in [6, 6.07) is 12.7. The van der Waals surface area contributed by atoms with E-state index in [1.165, 1.54) is 12.1 Å². The van der Waals surface area contributed by atoms with E-state index in [0.717, 1.165) is 27.1 Å². The van der Waals surface area contributed by atoms with Gasteiger partial charge in [0, 0.05) is 0 Å². The van der Waals surface area contributed by atoms with E-state index >= 15 is 0 Å². The van der Waals surface area contributed by atoms with Crippen LogP contribution in [0.5, 0.6) is 0 Å². The van der Waals surface area contributed by atoms with Crippen LogP contribution in [0.2, 0.25) is 0 Å². The molecule has 3 N–H and O–H groups in total. The van der Waals surface area contributed by atoms with Crippen molar-refractivity contribution in [2.45, 2.75) is 16.6 Å². The van der Waals surface area contributed by atoms with Gasteiger partial charge in [0.2, 0.25) is 0 Å². The van der Waals surface area contributed by atoms with E-state index in [1.54, 1.807) is 40.7 Å². The number of nitrogens with zero attached hydrogens (tertiary/aromatic N) is 3. The quantitative estimate of drug-likeness (QED) is 0.606. The molecule has 5 nitrogen and oxygen atoms in total. The summed E-state index contributed by atoms with van der Waals surface area (Å²) in [5, 5.41) is 16.0. The van der Waals surface area contributed by atoms with Crippen LogP contribution in [0.3, 0.4) is 0 Å². The van der Waals surface area contributed by atoms with Gasteiger partial charge in [-0.3, -0.25) is 0 Å². The van der Waals surface area contributed by atoms with E-state index < -0.39 is 0 Å². The van der Waals surface area contributed by atoms with Crippen molar-refractivity contribution in [2.75, 3.05) is 6.54 Å². The van der Waals surface area contributed by atoms with E-state index in [4.69, 9.17) is 10.8 Å². The van der Waals surface area contributed by atoms with Gasteiger partial charge in [-0.05, 0) is 0 Å². The molecule has 134 valence electrons. The Morgan fingerprint density at radius 2 is 2.08 bits per heavy atom. The van der Waals surface area contributed by atoms with Crippen LogP contribution in [0.25, 0.3) is 10.9 Å². The molecular weight excluding hydrogens is 412 g/mol. The first-order valence-electron chi connectivity index (χ1n) is 8.29. The van der Waals surface area contributed by atoms with E-state index in [1.807, 2.05) is 12.3 Å². The van der Waals surface area contributed by atoms with Crippen molar-refractivity contribution in [3.05, 3.63) is 65.6 Å². The fraction of sp³-hybridized carbons (Fsp3) is 0.222. The molecule has 3 atom stereocenters. The van der Waals surface area contributed by atoms with Gasteiger partial charge < -0.3 is 0 Å². The number of hydrazone groups is 1. The molecule has 0 bridgehead atoms. The number of fused-ring (bicyclic) bond motifs is 1. The number of aromatic amines is 1. The number of halogens is 1. The topological polar surface area (TPSA) is 70.3 Å². The molecule has 1 aliphatic heterocycles. The Bertz CT molecular complexity index is 942. The van der Waals surface area contributed by atoms with Crippen molar-refractivity contribution in [1.29, 1.82) is 0 Å². The van der Waals surface area contributed by atoms with Gasteiger partial charge in [-0.2, -0.15) is 0 Å². The predicted octanol–water partition coefficient (Wildman–Crippen LogP) is 1.90. The zero-order valence-electron chi connectivity index (χ0n) is 14.0. The zero-order chi connectivity index (χ0) is 18.1. The van der Waals surface area contributed by atoms with Gasteiger partial charge in [-0.15, -0.1) is 0 Å². The minimum atomic E-state index is -0.224. The Labute approximate surface area is 163 Å². The molecule has 2 unspecified atom stereocenters. The molecular formula is C18H19AsFN5S. The average molecular weight is 431 g/mol. The third-order valence-electron chi connectivity index (χ3n) is 4.27. The van der Waals surface area contributed by atoms with Gasteiger partial charge in [0.25, 0.3) is 0 Å². The van der Waals surface area contributed by atoms with E-state index in [2.05, 4.69) is 27.3 Å². The number of rotatable bonds is 5. The minimum absolute atomic E-state index is 0.0567. The second-order valence-electron chi connectivity index (χ2n) is 6.30. The predicted molar refractivity (Wildman–Crippen MR) is 107 cm³/mol. The van der Waals surface area contributed by atoms with Crippen molar-refractivity contribution in [1.82, 2.24) is 15.2 Å². The molecule has 1 aliphatic rings. The third kappa shape index (κ3) is 3.80. The summed E-state index contributed by atoms with van der Waals surface area (Å²) >= 11 is 3.37. The molecule has 0 saturated carbocycles. The van der Waals surface area contributed by atoms with E-state index in [9.17, 15) is 4.39 Å². The summed E-state index contributed by atoms with van der Waals surface area (Å²) in [6.07, 6.45) is 2.52. The molecule has 26 heavy (non-hydrogen) atoms. The van der Waals surface area contributed by atoms with Gasteiger partial charge in [0.1, 0.15) is 0 Å². The van der Waals surface area contributed by atoms with Crippen molar-refractivity contribution >= 4 is 44.6 Å². The van der Waals surface area contributed by atoms with Crippen LogP contribution in [-0.2, 0) is 6.42 Å². The molecule has 8 heteroatoms. The van der Waals surface area contributed by atoms with Crippen molar-refractivity contribution in [3.8, 4) is 0 Å². The molecule has 2 aromatic carbocycles. The molecule has 0 aliphatic carbocycles. The number of hydrogen-bond donors (Lipinski definition) is 2. The van der Waals surface area contributed by atoms with Gasteiger partial charge in [0.15, 0.2) is 0 Å². The van der Waals surface area contributed by atoms with Crippen LogP contribution >= 0.6 is 11.8 Å². The Hall–Kier alpha value is -1.82. The van der Waals surface area contributed by atoms with Gasteiger partial charge in [-0.1, -0.05) is 0 Å². The fourth-order valence-electron chi connectivity index (χ4n) is 2.95. The van der Waals surface area contributed by atoms with Crippen molar-refractivity contribution in [2.24, 2.45) is 10.8 Å². The van der Waals surface area contributed by atoms with E-state index in [-0.39, 0.29) is 16.0 Å². The zero-order valence-corrected chi connectivity index (χ0v) is 17.2. The van der Waals surface area contributed by atoms with Crippen LogP contribution in [0.1, 0.15) is 11.1 Å². The normalized spacial score (nSPS) is 18.3. The monoisotopic (exact) mass is 431 g/mol. The van der Waals surface area contributed by atoms with Crippen LogP contribution in [0.15, 0.2) is 53.8 Å². The molecule has 0 saturated heterocycles. The van der Waals surface area contributed by atoms with Crippen LogP contribution in [0.4, 0.5) is 4.39 Å². The molecule has 0 amide bonds. The number of nitrogens with one attached hydrogen (secondary N) is 1. The average Bonchev–Trinajstić information content (AvgIpc) is 3.23. The molecule has 3 aromatic rings. The number of benzene rings is 2.